The van der Waals surface area contributed by atoms with Crippen LogP contribution < -0.4 is 21.0 Å². The molecule has 4 saturated heterocycles. The number of methoxy groups -OCH3 is 1. The van der Waals surface area contributed by atoms with Crippen LogP contribution in [0.5, 0.6) is 0 Å². The molecule has 8 atom stereocenters. The maximum atomic E-state index is 6.16. The van der Waals surface area contributed by atoms with Gasteiger partial charge >= 0.3 is 0 Å². The van der Waals surface area contributed by atoms with E-state index in [1.807, 2.05) is 7.11 Å². The van der Waals surface area contributed by atoms with E-state index < -0.39 is 0 Å². The van der Waals surface area contributed by atoms with Gasteiger partial charge in [0.05, 0.1) is 45.1 Å². The number of ether oxygens (including phenoxy) is 2. The molecule has 8 unspecified atom stereocenters. The van der Waals surface area contributed by atoms with E-state index in [0.717, 1.165) is 26.3 Å². The van der Waals surface area contributed by atoms with Gasteiger partial charge in [-0.15, -0.1) is 0 Å². The number of hydrogen-bond acceptors (Lipinski definition) is 6. The van der Waals surface area contributed by atoms with Gasteiger partial charge in [0.25, 0.3) is 0 Å². The Kier molecular flexibility index (Phi) is 7.78. The van der Waals surface area contributed by atoms with Crippen molar-refractivity contribution in [2.24, 2.45) is 11.8 Å². The predicted molar refractivity (Wildman–Crippen MR) is 117 cm³/mol. The highest BCUT2D eigenvalue weighted by atomic mass is 16.7. The first kappa shape index (κ1) is 22.5. The number of quaternary nitrogens is 2. The molecule has 5 aliphatic rings. The van der Waals surface area contributed by atoms with E-state index in [1.165, 1.54) is 71.0 Å². The number of likely N-dealkylation sites (tertiary alicyclic amines) is 1. The van der Waals surface area contributed by atoms with Crippen molar-refractivity contribution >= 4 is 0 Å². The Morgan fingerprint density at radius 2 is 1.94 bits per heavy atom. The molecule has 178 valence electrons. The second kappa shape index (κ2) is 10.7. The van der Waals surface area contributed by atoms with Crippen molar-refractivity contribution in [3.05, 3.63) is 0 Å². The molecular formula is C23H45N5O3+2. The van der Waals surface area contributed by atoms with Crippen LogP contribution >= 0.6 is 0 Å². The molecule has 1 saturated carbocycles. The zero-order valence-electron chi connectivity index (χ0n) is 19.4. The number of rotatable bonds is 6. The summed E-state index contributed by atoms with van der Waals surface area (Å²) < 4.78 is 11.4. The SMILES string of the molecule is COC1CCCCC1C[NH+]1CCCC1C1NC(C2CCC(N3CCOCC3)[NH2+]C2)NO1. The molecule has 0 spiro atoms. The van der Waals surface area contributed by atoms with E-state index in [2.05, 4.69) is 21.0 Å². The second-order valence-corrected chi connectivity index (χ2v) is 10.5. The zero-order valence-corrected chi connectivity index (χ0v) is 19.4. The normalized spacial score (nSPS) is 45.2. The van der Waals surface area contributed by atoms with E-state index in [-0.39, 0.29) is 12.4 Å². The average molecular weight is 440 g/mol. The second-order valence-electron chi connectivity index (χ2n) is 10.5. The summed E-state index contributed by atoms with van der Waals surface area (Å²) in [7, 11) is 1.90. The van der Waals surface area contributed by atoms with Crippen molar-refractivity contribution in [1.29, 1.82) is 0 Å². The van der Waals surface area contributed by atoms with Gasteiger partial charge < -0.3 is 19.7 Å². The molecule has 4 aliphatic heterocycles. The van der Waals surface area contributed by atoms with Crippen LogP contribution in [-0.4, -0.2) is 88.7 Å². The number of nitrogens with zero attached hydrogens (tertiary/aromatic N) is 1. The summed E-state index contributed by atoms with van der Waals surface area (Å²) in [6.45, 7) is 7.64. The van der Waals surface area contributed by atoms with Crippen molar-refractivity contribution in [1.82, 2.24) is 15.7 Å². The van der Waals surface area contributed by atoms with Crippen molar-refractivity contribution in [2.75, 3.05) is 53.0 Å². The van der Waals surface area contributed by atoms with Crippen LogP contribution in [0.3, 0.4) is 0 Å². The van der Waals surface area contributed by atoms with Gasteiger partial charge in [-0.05, 0) is 19.3 Å². The number of piperidine rings is 1. The maximum Gasteiger partial charge on any atom is 0.183 e. The van der Waals surface area contributed by atoms with Crippen molar-refractivity contribution in [2.45, 2.75) is 82.1 Å². The number of nitrogens with one attached hydrogen (secondary N) is 3. The van der Waals surface area contributed by atoms with Gasteiger partial charge in [-0.2, -0.15) is 5.48 Å². The Bertz CT molecular complexity index is 555. The molecule has 4 heterocycles. The topological polar surface area (TPSA) is 76.0 Å². The summed E-state index contributed by atoms with van der Waals surface area (Å²) in [5.74, 6) is 1.34. The Morgan fingerprint density at radius 1 is 1.06 bits per heavy atom. The third kappa shape index (κ3) is 5.27. The smallest absolute Gasteiger partial charge is 0.183 e. The van der Waals surface area contributed by atoms with Crippen LogP contribution in [0.15, 0.2) is 0 Å². The van der Waals surface area contributed by atoms with Crippen molar-refractivity contribution in [3.8, 4) is 0 Å². The van der Waals surface area contributed by atoms with E-state index in [4.69, 9.17) is 14.3 Å². The van der Waals surface area contributed by atoms with E-state index in [1.54, 1.807) is 4.90 Å². The number of hydrogen-bond donors (Lipinski definition) is 4. The van der Waals surface area contributed by atoms with Gasteiger partial charge in [0.1, 0.15) is 12.2 Å². The van der Waals surface area contributed by atoms with Gasteiger partial charge in [0, 0.05) is 51.3 Å². The summed E-state index contributed by atoms with van der Waals surface area (Å²) in [6.07, 6.45) is 11.9. The highest BCUT2D eigenvalue weighted by Crippen LogP contribution is 2.26. The molecule has 0 amide bonds. The van der Waals surface area contributed by atoms with Gasteiger partial charge in [0.2, 0.25) is 0 Å². The molecule has 0 bridgehead atoms. The van der Waals surface area contributed by atoms with Gasteiger partial charge in [-0.1, -0.05) is 12.8 Å². The first-order valence-corrected chi connectivity index (χ1v) is 13.0. The van der Waals surface area contributed by atoms with Crippen LogP contribution in [0.4, 0.5) is 0 Å². The fraction of sp³-hybridized carbons (Fsp3) is 1.00. The fourth-order valence-electron chi connectivity index (χ4n) is 6.93. The summed E-state index contributed by atoms with van der Waals surface area (Å²) >= 11 is 0. The van der Waals surface area contributed by atoms with Crippen molar-refractivity contribution in [3.63, 3.8) is 0 Å². The third-order valence-corrected chi connectivity index (χ3v) is 8.77. The van der Waals surface area contributed by atoms with Crippen LogP contribution in [0.25, 0.3) is 0 Å². The number of hydroxylamine groups is 1. The molecule has 8 nitrogen and oxygen atoms in total. The molecule has 0 radical (unpaired) electrons. The van der Waals surface area contributed by atoms with Crippen LogP contribution in [0, 0.1) is 11.8 Å². The van der Waals surface area contributed by atoms with Gasteiger partial charge in [-0.25, -0.2) is 4.90 Å². The standard InChI is InChI=1S/C23H43N5O3/c1-29-20-7-3-2-5-18(20)16-28-10-4-6-19(28)23-25-22(26-31-23)17-8-9-21(24-15-17)27-11-13-30-14-12-27/h17-26H,2-16H2,1H3/p+2. The molecule has 8 heteroatoms. The van der Waals surface area contributed by atoms with Crippen LogP contribution in [0.1, 0.15) is 51.4 Å². The predicted octanol–water partition coefficient (Wildman–Crippen LogP) is -1.35. The summed E-state index contributed by atoms with van der Waals surface area (Å²) in [5, 5.41) is 6.40. The molecule has 5 rings (SSSR count). The fourth-order valence-corrected chi connectivity index (χ4v) is 6.93. The molecular weight excluding hydrogens is 394 g/mol. The molecule has 0 aromatic carbocycles. The van der Waals surface area contributed by atoms with E-state index in [9.17, 15) is 0 Å². The van der Waals surface area contributed by atoms with Crippen LogP contribution in [-0.2, 0) is 14.3 Å². The Hall–Kier alpha value is -0.320. The minimum Gasteiger partial charge on any atom is -0.381 e. The van der Waals surface area contributed by atoms with Crippen molar-refractivity contribution < 1.29 is 24.5 Å². The minimum absolute atomic E-state index is 0.143. The first-order chi connectivity index (χ1) is 15.3. The monoisotopic (exact) mass is 439 g/mol. The Balaban J connectivity index is 1.10. The third-order valence-electron chi connectivity index (χ3n) is 8.77. The van der Waals surface area contributed by atoms with Crippen LogP contribution in [0.2, 0.25) is 0 Å². The lowest BCUT2D eigenvalue weighted by atomic mass is 9.86. The first-order valence-electron chi connectivity index (χ1n) is 13.0. The Labute approximate surface area is 187 Å². The molecule has 1 aliphatic carbocycles. The lowest BCUT2D eigenvalue weighted by Gasteiger charge is -2.37. The number of morpholine rings is 1. The maximum absolute atomic E-state index is 6.16. The minimum atomic E-state index is 0.143. The molecule has 0 aromatic rings. The average Bonchev–Trinajstić information content (AvgIpc) is 3.50. The van der Waals surface area contributed by atoms with Gasteiger partial charge in [0.15, 0.2) is 6.23 Å². The quantitative estimate of drug-likeness (QED) is 0.410. The molecule has 31 heavy (non-hydrogen) atoms. The highest BCUT2D eigenvalue weighted by molar-refractivity contribution is 4.85. The lowest BCUT2D eigenvalue weighted by molar-refractivity contribution is -0.920. The Morgan fingerprint density at radius 3 is 2.74 bits per heavy atom. The van der Waals surface area contributed by atoms with E-state index >= 15 is 0 Å². The summed E-state index contributed by atoms with van der Waals surface area (Å²) in [5.41, 5.74) is 3.39. The van der Waals surface area contributed by atoms with E-state index in [0.29, 0.717) is 30.1 Å². The largest absolute Gasteiger partial charge is 0.381 e. The lowest BCUT2D eigenvalue weighted by Crippen LogP contribution is -3.16. The zero-order chi connectivity index (χ0) is 21.0. The number of nitrogens with two attached hydrogens (primary N) is 1. The molecule has 5 N–H and O–H groups in total. The summed E-state index contributed by atoms with van der Waals surface area (Å²) in [6, 6.07) is 0.561. The summed E-state index contributed by atoms with van der Waals surface area (Å²) in [4.78, 5) is 10.5. The molecule has 0 aromatic heterocycles. The highest BCUT2D eigenvalue weighted by Gasteiger charge is 2.45. The van der Waals surface area contributed by atoms with Gasteiger partial charge in [-0.3, -0.25) is 10.2 Å². The molecule has 5 fully saturated rings.